The lowest BCUT2D eigenvalue weighted by Gasteiger charge is -2.07. The molecule has 1 heterocycles. The topological polar surface area (TPSA) is 55.0 Å². The lowest BCUT2D eigenvalue weighted by atomic mass is 10.1. The van der Waals surface area contributed by atoms with Crippen LogP contribution in [0, 0.1) is 6.92 Å². The Hall–Kier alpha value is -2.46. The van der Waals surface area contributed by atoms with E-state index in [-0.39, 0.29) is 0 Å². The van der Waals surface area contributed by atoms with Gasteiger partial charge in [-0.05, 0) is 48.9 Å². The molecule has 1 aromatic heterocycles. The molecule has 0 saturated heterocycles. The zero-order chi connectivity index (χ0) is 15.7. The quantitative estimate of drug-likeness (QED) is 0.564. The number of halogens is 1. The van der Waals surface area contributed by atoms with Crippen LogP contribution in [0.15, 0.2) is 52.0 Å². The zero-order valence-electron chi connectivity index (χ0n) is 12.1. The minimum Gasteiger partial charge on any atom is -0.497 e. The average Bonchev–Trinajstić information content (AvgIpc) is 2.55. The molecule has 112 valence electrons. The van der Waals surface area contributed by atoms with Crippen LogP contribution in [0.2, 0.25) is 5.02 Å². The third-order valence-corrected chi connectivity index (χ3v) is 3.91. The normalized spacial score (nSPS) is 11.9. The minimum absolute atomic E-state index is 0.411. The molecular weight excluding hydrogens is 302 g/mol. The van der Waals surface area contributed by atoms with Gasteiger partial charge in [0, 0.05) is 22.0 Å². The van der Waals surface area contributed by atoms with Gasteiger partial charge in [-0.1, -0.05) is 16.8 Å². The molecule has 0 aliphatic carbocycles. The van der Waals surface area contributed by atoms with Gasteiger partial charge in [0.1, 0.15) is 22.5 Å². The summed E-state index contributed by atoms with van der Waals surface area (Å²) >= 11 is 6.13. The second kappa shape index (κ2) is 5.73. The molecule has 0 bridgehead atoms. The number of rotatable bonds is 2. The van der Waals surface area contributed by atoms with E-state index in [1.165, 1.54) is 0 Å². The summed E-state index contributed by atoms with van der Waals surface area (Å²) in [6, 6.07) is 12.7. The Kier molecular flexibility index (Phi) is 3.77. The van der Waals surface area contributed by atoms with E-state index in [2.05, 4.69) is 5.16 Å². The van der Waals surface area contributed by atoms with Crippen LogP contribution < -0.4 is 10.1 Å². The molecule has 5 heteroatoms. The van der Waals surface area contributed by atoms with Crippen LogP contribution in [-0.4, -0.2) is 12.3 Å². The molecule has 0 amide bonds. The highest BCUT2D eigenvalue weighted by molar-refractivity contribution is 6.32. The molecule has 3 aromatic rings. The number of hydrogen-bond donors (Lipinski definition) is 1. The van der Waals surface area contributed by atoms with E-state index in [0.29, 0.717) is 27.1 Å². The summed E-state index contributed by atoms with van der Waals surface area (Å²) in [6.07, 6.45) is 0. The summed E-state index contributed by atoms with van der Waals surface area (Å²) in [6.45, 7) is 1.90. The van der Waals surface area contributed by atoms with E-state index in [1.54, 1.807) is 19.2 Å². The maximum Gasteiger partial charge on any atom is 0.137 e. The Morgan fingerprint density at radius 2 is 1.86 bits per heavy atom. The molecule has 0 fully saturated rings. The van der Waals surface area contributed by atoms with Gasteiger partial charge in [0.2, 0.25) is 0 Å². The molecule has 0 atom stereocenters. The van der Waals surface area contributed by atoms with Gasteiger partial charge in [-0.25, -0.2) is 0 Å². The van der Waals surface area contributed by atoms with Crippen molar-refractivity contribution in [3.8, 4) is 17.1 Å². The highest BCUT2D eigenvalue weighted by Gasteiger charge is 2.09. The monoisotopic (exact) mass is 315 g/mol. The molecule has 0 aliphatic rings. The average molecular weight is 316 g/mol. The van der Waals surface area contributed by atoms with E-state index in [4.69, 9.17) is 20.8 Å². The van der Waals surface area contributed by atoms with Crippen LogP contribution in [-0.2, 0) is 0 Å². The van der Waals surface area contributed by atoms with Crippen molar-refractivity contribution in [3.05, 3.63) is 58.4 Å². The number of benzene rings is 2. The predicted octanol–water partition coefficient (Wildman–Crippen LogP) is 4.36. The first-order valence-electron chi connectivity index (χ1n) is 6.69. The molecule has 2 aromatic carbocycles. The molecule has 3 rings (SSSR count). The van der Waals surface area contributed by atoms with E-state index in [9.17, 15) is 5.21 Å². The Morgan fingerprint density at radius 3 is 2.50 bits per heavy atom. The van der Waals surface area contributed by atoms with E-state index >= 15 is 0 Å². The second-order valence-electron chi connectivity index (χ2n) is 4.92. The van der Waals surface area contributed by atoms with Gasteiger partial charge in [0.15, 0.2) is 0 Å². The molecule has 22 heavy (non-hydrogen) atoms. The second-order valence-corrected chi connectivity index (χ2v) is 5.33. The summed E-state index contributed by atoms with van der Waals surface area (Å²) in [5.41, 5.74) is 2.37. The van der Waals surface area contributed by atoms with Gasteiger partial charge < -0.3 is 14.4 Å². The Bertz CT molecular complexity index is 898. The molecule has 0 spiro atoms. The minimum atomic E-state index is 0.411. The zero-order valence-corrected chi connectivity index (χ0v) is 12.9. The summed E-state index contributed by atoms with van der Waals surface area (Å²) in [4.78, 5) is 0. The summed E-state index contributed by atoms with van der Waals surface area (Å²) in [7, 11) is 1.62. The smallest absolute Gasteiger partial charge is 0.137 e. The number of hydrogen-bond acceptors (Lipinski definition) is 4. The lowest BCUT2D eigenvalue weighted by molar-refractivity contribution is 0.302. The van der Waals surface area contributed by atoms with E-state index in [0.717, 1.165) is 16.9 Å². The van der Waals surface area contributed by atoms with Crippen molar-refractivity contribution in [3.63, 3.8) is 0 Å². The number of aryl methyl sites for hydroxylation is 1. The van der Waals surface area contributed by atoms with Crippen molar-refractivity contribution in [1.82, 2.24) is 0 Å². The molecule has 0 radical (unpaired) electrons. The first-order chi connectivity index (χ1) is 10.6. The van der Waals surface area contributed by atoms with Gasteiger partial charge in [-0.2, -0.15) is 0 Å². The van der Waals surface area contributed by atoms with Crippen LogP contribution in [0.4, 0.5) is 0 Å². The first-order valence-corrected chi connectivity index (χ1v) is 7.06. The summed E-state index contributed by atoms with van der Waals surface area (Å²) in [5.74, 6) is 1.36. The highest BCUT2D eigenvalue weighted by atomic mass is 35.5. The number of nitrogens with zero attached hydrogens (tertiary/aromatic N) is 1. The van der Waals surface area contributed by atoms with Gasteiger partial charge >= 0.3 is 0 Å². The van der Waals surface area contributed by atoms with Gasteiger partial charge in [0.05, 0.1) is 7.11 Å². The largest absolute Gasteiger partial charge is 0.497 e. The SMILES string of the molecule is COc1ccc(-c2c/c(=N\O)c3cc(Cl)c(C)cc3o2)cc1. The fourth-order valence-electron chi connectivity index (χ4n) is 2.27. The van der Waals surface area contributed by atoms with Crippen LogP contribution in [0.3, 0.4) is 0 Å². The van der Waals surface area contributed by atoms with Crippen LogP contribution in [0.5, 0.6) is 5.75 Å². The third-order valence-electron chi connectivity index (χ3n) is 3.51. The van der Waals surface area contributed by atoms with E-state index in [1.807, 2.05) is 37.3 Å². The fourth-order valence-corrected chi connectivity index (χ4v) is 2.43. The molecule has 4 nitrogen and oxygen atoms in total. The van der Waals surface area contributed by atoms with Gasteiger partial charge in [-0.15, -0.1) is 0 Å². The predicted molar refractivity (Wildman–Crippen MR) is 85.3 cm³/mol. The van der Waals surface area contributed by atoms with Crippen LogP contribution in [0.1, 0.15) is 5.56 Å². The standard InChI is InChI=1S/C17H14ClNO3/c1-10-7-17-13(8-14(10)18)15(19-20)9-16(22-17)11-3-5-12(21-2)6-4-11/h3-9,20H,1-2H3/b19-15+. The van der Waals surface area contributed by atoms with Gasteiger partial charge in [0.25, 0.3) is 0 Å². The van der Waals surface area contributed by atoms with Crippen molar-refractivity contribution < 1.29 is 14.4 Å². The van der Waals surface area contributed by atoms with E-state index < -0.39 is 0 Å². The maximum atomic E-state index is 9.27. The number of ether oxygens (including phenoxy) is 1. The first kappa shape index (κ1) is 14.5. The lowest BCUT2D eigenvalue weighted by Crippen LogP contribution is -2.03. The molecule has 0 saturated carbocycles. The van der Waals surface area contributed by atoms with Crippen molar-refractivity contribution in [2.75, 3.05) is 7.11 Å². The maximum absolute atomic E-state index is 9.27. The third kappa shape index (κ3) is 2.53. The van der Waals surface area contributed by atoms with Crippen LogP contribution in [0.25, 0.3) is 22.3 Å². The summed E-state index contributed by atoms with van der Waals surface area (Å²) < 4.78 is 11.1. The Labute approximate surface area is 132 Å². The molecule has 1 N–H and O–H groups in total. The highest BCUT2D eigenvalue weighted by Crippen LogP contribution is 2.27. The van der Waals surface area contributed by atoms with Crippen LogP contribution >= 0.6 is 11.6 Å². The van der Waals surface area contributed by atoms with Crippen molar-refractivity contribution in [2.45, 2.75) is 6.92 Å². The molecule has 0 unspecified atom stereocenters. The van der Waals surface area contributed by atoms with Gasteiger partial charge in [-0.3, -0.25) is 0 Å². The molecular formula is C17H14ClNO3. The van der Waals surface area contributed by atoms with Crippen molar-refractivity contribution in [1.29, 1.82) is 0 Å². The Morgan fingerprint density at radius 1 is 1.14 bits per heavy atom. The number of fused-ring (bicyclic) bond motifs is 1. The number of methoxy groups -OCH3 is 1. The Balaban J connectivity index is 2.24. The molecule has 0 aliphatic heterocycles. The summed E-state index contributed by atoms with van der Waals surface area (Å²) in [5, 5.41) is 14.3. The van der Waals surface area contributed by atoms with Crippen molar-refractivity contribution >= 4 is 22.6 Å². The van der Waals surface area contributed by atoms with Crippen molar-refractivity contribution in [2.24, 2.45) is 5.16 Å². The fraction of sp³-hybridized carbons (Fsp3) is 0.118.